The van der Waals surface area contributed by atoms with Gasteiger partial charge in [-0.2, -0.15) is 0 Å². The smallest absolute Gasteiger partial charge is 0.251 e. The number of carbonyl (C=O) groups is 2. The van der Waals surface area contributed by atoms with Gasteiger partial charge < -0.3 is 24.8 Å². The predicted octanol–water partition coefficient (Wildman–Crippen LogP) is 3.15. The van der Waals surface area contributed by atoms with Gasteiger partial charge in [0, 0.05) is 31.1 Å². The van der Waals surface area contributed by atoms with Crippen molar-refractivity contribution in [2.24, 2.45) is 0 Å². The SMILES string of the molecule is CCOc1ccc(CCC(=O)N2CCC(NC(=O)c3cccc(O)c3)CC2)cc1OC. The van der Waals surface area contributed by atoms with Gasteiger partial charge in [-0.05, 0) is 62.1 Å². The fraction of sp³-hybridized carbons (Fsp3) is 0.417. The van der Waals surface area contributed by atoms with Crippen molar-refractivity contribution in [2.45, 2.75) is 38.6 Å². The second-order valence-electron chi connectivity index (χ2n) is 7.60. The number of aryl methyl sites for hydroxylation is 1. The quantitative estimate of drug-likeness (QED) is 0.677. The number of phenolic OH excluding ortho intramolecular Hbond substituents is 1. The largest absolute Gasteiger partial charge is 0.508 e. The Morgan fingerprint density at radius 2 is 1.90 bits per heavy atom. The van der Waals surface area contributed by atoms with Crippen LogP contribution in [-0.4, -0.2) is 54.7 Å². The number of hydrogen-bond donors (Lipinski definition) is 2. The average Bonchev–Trinajstić information content (AvgIpc) is 2.78. The van der Waals surface area contributed by atoms with Crippen LogP contribution in [0.5, 0.6) is 17.2 Å². The van der Waals surface area contributed by atoms with Gasteiger partial charge in [0.2, 0.25) is 5.91 Å². The highest BCUT2D eigenvalue weighted by molar-refractivity contribution is 5.94. The van der Waals surface area contributed by atoms with Gasteiger partial charge in [-0.1, -0.05) is 12.1 Å². The number of nitrogens with one attached hydrogen (secondary N) is 1. The molecule has 1 aliphatic rings. The number of methoxy groups -OCH3 is 1. The molecule has 0 spiro atoms. The summed E-state index contributed by atoms with van der Waals surface area (Å²) < 4.78 is 10.9. The molecule has 2 amide bonds. The molecule has 1 aliphatic heterocycles. The van der Waals surface area contributed by atoms with Crippen molar-refractivity contribution < 1.29 is 24.2 Å². The first-order valence-electron chi connectivity index (χ1n) is 10.7. The number of piperidine rings is 1. The molecule has 0 aliphatic carbocycles. The lowest BCUT2D eigenvalue weighted by Crippen LogP contribution is -2.46. The van der Waals surface area contributed by atoms with Crippen molar-refractivity contribution in [1.29, 1.82) is 0 Å². The predicted molar refractivity (Wildman–Crippen MR) is 118 cm³/mol. The highest BCUT2D eigenvalue weighted by Crippen LogP contribution is 2.28. The van der Waals surface area contributed by atoms with Crippen LogP contribution in [0.15, 0.2) is 42.5 Å². The van der Waals surface area contributed by atoms with E-state index in [1.165, 1.54) is 12.1 Å². The third-order valence-corrected chi connectivity index (χ3v) is 5.45. The van der Waals surface area contributed by atoms with Crippen LogP contribution in [-0.2, 0) is 11.2 Å². The van der Waals surface area contributed by atoms with E-state index in [1.807, 2.05) is 30.0 Å². The Kier molecular flexibility index (Phi) is 7.76. The number of amides is 2. The van der Waals surface area contributed by atoms with Crippen molar-refractivity contribution in [3.8, 4) is 17.2 Å². The monoisotopic (exact) mass is 426 g/mol. The third kappa shape index (κ3) is 6.13. The van der Waals surface area contributed by atoms with Crippen LogP contribution in [0.4, 0.5) is 0 Å². The van der Waals surface area contributed by atoms with Crippen molar-refractivity contribution in [2.75, 3.05) is 26.8 Å². The van der Waals surface area contributed by atoms with Crippen molar-refractivity contribution >= 4 is 11.8 Å². The van der Waals surface area contributed by atoms with E-state index < -0.39 is 0 Å². The number of likely N-dealkylation sites (tertiary alicyclic amines) is 1. The van der Waals surface area contributed by atoms with E-state index in [-0.39, 0.29) is 23.6 Å². The Morgan fingerprint density at radius 1 is 1.13 bits per heavy atom. The molecule has 7 heteroatoms. The molecule has 31 heavy (non-hydrogen) atoms. The van der Waals surface area contributed by atoms with Gasteiger partial charge in [0.1, 0.15) is 5.75 Å². The first kappa shape index (κ1) is 22.5. The second kappa shape index (κ2) is 10.7. The normalized spacial score (nSPS) is 14.2. The molecular formula is C24H30N2O5. The molecule has 0 bridgehead atoms. The maximum atomic E-state index is 12.6. The third-order valence-electron chi connectivity index (χ3n) is 5.45. The summed E-state index contributed by atoms with van der Waals surface area (Å²) in [6, 6.07) is 12.1. The Hall–Kier alpha value is -3.22. The maximum Gasteiger partial charge on any atom is 0.251 e. The number of benzene rings is 2. The fourth-order valence-electron chi connectivity index (χ4n) is 3.74. The van der Waals surface area contributed by atoms with E-state index in [1.54, 1.807) is 19.2 Å². The summed E-state index contributed by atoms with van der Waals surface area (Å²) >= 11 is 0. The molecule has 166 valence electrons. The number of nitrogens with zero attached hydrogens (tertiary/aromatic N) is 1. The van der Waals surface area contributed by atoms with E-state index in [0.717, 1.165) is 5.56 Å². The summed E-state index contributed by atoms with van der Waals surface area (Å²) in [4.78, 5) is 26.8. The van der Waals surface area contributed by atoms with E-state index in [0.29, 0.717) is 62.4 Å². The van der Waals surface area contributed by atoms with Crippen LogP contribution in [0.25, 0.3) is 0 Å². The summed E-state index contributed by atoms with van der Waals surface area (Å²) in [6.07, 6.45) is 2.49. The van der Waals surface area contributed by atoms with Crippen LogP contribution in [0.2, 0.25) is 0 Å². The number of carbonyl (C=O) groups excluding carboxylic acids is 2. The summed E-state index contributed by atoms with van der Waals surface area (Å²) in [5.41, 5.74) is 1.46. The zero-order chi connectivity index (χ0) is 22.2. The molecule has 0 aromatic heterocycles. The minimum absolute atomic E-state index is 0.0225. The molecule has 1 heterocycles. The number of aromatic hydroxyl groups is 1. The lowest BCUT2D eigenvalue weighted by atomic mass is 10.0. The minimum atomic E-state index is -0.204. The number of rotatable bonds is 8. The lowest BCUT2D eigenvalue weighted by molar-refractivity contribution is -0.132. The van der Waals surface area contributed by atoms with Crippen LogP contribution >= 0.6 is 0 Å². The number of hydrogen-bond acceptors (Lipinski definition) is 5. The van der Waals surface area contributed by atoms with Gasteiger partial charge in [0.05, 0.1) is 13.7 Å². The van der Waals surface area contributed by atoms with Crippen LogP contribution in [0.3, 0.4) is 0 Å². The molecule has 0 saturated carbocycles. The topological polar surface area (TPSA) is 88.1 Å². The van der Waals surface area contributed by atoms with Gasteiger partial charge in [0.25, 0.3) is 5.91 Å². The summed E-state index contributed by atoms with van der Waals surface area (Å²) in [6.45, 7) is 3.73. The van der Waals surface area contributed by atoms with Crippen LogP contribution < -0.4 is 14.8 Å². The van der Waals surface area contributed by atoms with E-state index in [9.17, 15) is 14.7 Å². The molecule has 7 nitrogen and oxygen atoms in total. The van der Waals surface area contributed by atoms with Gasteiger partial charge in [-0.3, -0.25) is 9.59 Å². The second-order valence-corrected chi connectivity index (χ2v) is 7.60. The molecular weight excluding hydrogens is 396 g/mol. The van der Waals surface area contributed by atoms with Gasteiger partial charge >= 0.3 is 0 Å². The molecule has 0 radical (unpaired) electrons. The zero-order valence-electron chi connectivity index (χ0n) is 18.1. The van der Waals surface area contributed by atoms with Crippen molar-refractivity contribution in [1.82, 2.24) is 10.2 Å². The Morgan fingerprint density at radius 3 is 2.58 bits per heavy atom. The Bertz CT molecular complexity index is 907. The molecule has 3 rings (SSSR count). The van der Waals surface area contributed by atoms with Gasteiger partial charge in [0.15, 0.2) is 11.5 Å². The minimum Gasteiger partial charge on any atom is -0.508 e. The lowest BCUT2D eigenvalue weighted by Gasteiger charge is -2.32. The summed E-state index contributed by atoms with van der Waals surface area (Å²) in [5.74, 6) is 1.36. The molecule has 0 atom stereocenters. The molecule has 1 saturated heterocycles. The molecule has 2 aromatic carbocycles. The summed E-state index contributed by atoms with van der Waals surface area (Å²) in [5, 5.41) is 12.5. The highest BCUT2D eigenvalue weighted by atomic mass is 16.5. The first-order valence-corrected chi connectivity index (χ1v) is 10.7. The van der Waals surface area contributed by atoms with E-state index in [4.69, 9.17) is 9.47 Å². The van der Waals surface area contributed by atoms with E-state index >= 15 is 0 Å². The van der Waals surface area contributed by atoms with Crippen molar-refractivity contribution in [3.63, 3.8) is 0 Å². The van der Waals surface area contributed by atoms with Crippen LogP contribution in [0.1, 0.15) is 42.1 Å². The average molecular weight is 427 g/mol. The number of phenols is 1. The van der Waals surface area contributed by atoms with Gasteiger partial charge in [-0.15, -0.1) is 0 Å². The number of ether oxygens (including phenoxy) is 2. The standard InChI is InChI=1S/C24H30N2O5/c1-3-31-21-9-7-17(15-22(21)30-2)8-10-23(28)26-13-11-19(12-14-26)25-24(29)18-5-4-6-20(27)16-18/h4-7,9,15-16,19,27H,3,8,10-14H2,1-2H3,(H,25,29). The fourth-order valence-corrected chi connectivity index (χ4v) is 3.74. The summed E-state index contributed by atoms with van der Waals surface area (Å²) in [7, 11) is 1.61. The van der Waals surface area contributed by atoms with E-state index in [2.05, 4.69) is 5.32 Å². The molecule has 1 fully saturated rings. The van der Waals surface area contributed by atoms with Crippen molar-refractivity contribution in [3.05, 3.63) is 53.6 Å². The van der Waals surface area contributed by atoms with Crippen LogP contribution in [0, 0.1) is 0 Å². The zero-order valence-corrected chi connectivity index (χ0v) is 18.1. The van der Waals surface area contributed by atoms with Gasteiger partial charge in [-0.25, -0.2) is 0 Å². The molecule has 2 aromatic rings. The molecule has 0 unspecified atom stereocenters. The Labute approximate surface area is 183 Å². The molecule has 2 N–H and O–H groups in total. The highest BCUT2D eigenvalue weighted by Gasteiger charge is 2.24. The maximum absolute atomic E-state index is 12.6. The Balaban J connectivity index is 1.45. The first-order chi connectivity index (χ1) is 15.0.